The molecule has 2 aliphatic heterocycles. The molecule has 2 aliphatic rings. The number of hydrogen-bond acceptors (Lipinski definition) is 2. The highest BCUT2D eigenvalue weighted by molar-refractivity contribution is 5.57. The summed E-state index contributed by atoms with van der Waals surface area (Å²) in [6.45, 7) is 8.19. The molecule has 17 heavy (non-hydrogen) atoms. The summed E-state index contributed by atoms with van der Waals surface area (Å²) in [5.74, 6) is 0.859. The highest BCUT2D eigenvalue weighted by Gasteiger charge is 2.26. The molecule has 0 bridgehead atoms. The summed E-state index contributed by atoms with van der Waals surface area (Å²) in [5, 5.41) is 3.47. The summed E-state index contributed by atoms with van der Waals surface area (Å²) in [6.07, 6.45) is 2.54. The van der Waals surface area contributed by atoms with Crippen LogP contribution in [0.2, 0.25) is 0 Å². The standard InChI is InChI=1S/C15H22N2/c1-11-7-12(2)17(9-11)10-13-3-4-14-5-6-16-15(14)8-13/h3-4,8,11-12,16H,5-7,9-10H2,1-2H3. The zero-order valence-corrected chi connectivity index (χ0v) is 10.9. The van der Waals surface area contributed by atoms with Crippen LogP contribution in [0.15, 0.2) is 18.2 Å². The van der Waals surface area contributed by atoms with E-state index >= 15 is 0 Å². The van der Waals surface area contributed by atoms with Gasteiger partial charge in [0.25, 0.3) is 0 Å². The minimum absolute atomic E-state index is 0.742. The first-order valence-electron chi connectivity index (χ1n) is 6.82. The maximum atomic E-state index is 3.47. The Morgan fingerprint density at radius 3 is 3.00 bits per heavy atom. The van der Waals surface area contributed by atoms with Gasteiger partial charge in [-0.3, -0.25) is 4.90 Å². The number of hydrogen-bond donors (Lipinski definition) is 1. The molecule has 2 unspecified atom stereocenters. The van der Waals surface area contributed by atoms with Crippen molar-refractivity contribution in [1.29, 1.82) is 0 Å². The van der Waals surface area contributed by atoms with Crippen molar-refractivity contribution >= 4 is 5.69 Å². The third kappa shape index (κ3) is 2.19. The van der Waals surface area contributed by atoms with Gasteiger partial charge in [0, 0.05) is 31.4 Å². The van der Waals surface area contributed by atoms with Crippen molar-refractivity contribution < 1.29 is 0 Å². The van der Waals surface area contributed by atoms with Crippen molar-refractivity contribution in [2.45, 2.75) is 39.3 Å². The second-order valence-electron chi connectivity index (χ2n) is 5.79. The molecular weight excluding hydrogens is 208 g/mol. The number of fused-ring (bicyclic) bond motifs is 1. The largest absolute Gasteiger partial charge is 0.384 e. The minimum atomic E-state index is 0.742. The highest BCUT2D eigenvalue weighted by Crippen LogP contribution is 2.27. The van der Waals surface area contributed by atoms with Gasteiger partial charge < -0.3 is 5.32 Å². The molecule has 0 amide bonds. The summed E-state index contributed by atoms with van der Waals surface area (Å²) in [5.41, 5.74) is 4.30. The first kappa shape index (κ1) is 11.1. The molecule has 1 N–H and O–H groups in total. The number of likely N-dealkylation sites (tertiary alicyclic amines) is 1. The molecule has 1 aromatic carbocycles. The van der Waals surface area contributed by atoms with Crippen LogP contribution in [0, 0.1) is 5.92 Å². The molecule has 1 saturated heterocycles. The van der Waals surface area contributed by atoms with E-state index in [-0.39, 0.29) is 0 Å². The van der Waals surface area contributed by atoms with Crippen LogP contribution in [0.25, 0.3) is 0 Å². The van der Waals surface area contributed by atoms with E-state index < -0.39 is 0 Å². The van der Waals surface area contributed by atoms with Gasteiger partial charge in [-0.15, -0.1) is 0 Å². The summed E-state index contributed by atoms with van der Waals surface area (Å²) in [6, 6.07) is 7.69. The number of nitrogens with one attached hydrogen (secondary N) is 1. The Bertz CT molecular complexity index is 413. The van der Waals surface area contributed by atoms with E-state index in [1.807, 2.05) is 0 Å². The Kier molecular flexibility index (Phi) is 2.83. The predicted octanol–water partition coefficient (Wildman–Crippen LogP) is 2.88. The number of nitrogens with zero attached hydrogens (tertiary/aromatic N) is 1. The molecule has 2 heterocycles. The zero-order valence-electron chi connectivity index (χ0n) is 10.9. The van der Waals surface area contributed by atoms with Crippen molar-refractivity contribution in [3.63, 3.8) is 0 Å². The first-order chi connectivity index (χ1) is 8.22. The van der Waals surface area contributed by atoms with E-state index in [0.29, 0.717) is 0 Å². The first-order valence-corrected chi connectivity index (χ1v) is 6.82. The maximum absolute atomic E-state index is 3.47. The van der Waals surface area contributed by atoms with Gasteiger partial charge in [-0.1, -0.05) is 19.1 Å². The molecule has 2 heteroatoms. The van der Waals surface area contributed by atoms with Gasteiger partial charge in [0.1, 0.15) is 0 Å². The van der Waals surface area contributed by atoms with Crippen molar-refractivity contribution in [3.8, 4) is 0 Å². The molecular formula is C15H22N2. The molecule has 0 saturated carbocycles. The lowest BCUT2D eigenvalue weighted by Crippen LogP contribution is -2.26. The quantitative estimate of drug-likeness (QED) is 0.840. The number of benzene rings is 1. The van der Waals surface area contributed by atoms with E-state index in [2.05, 4.69) is 42.3 Å². The van der Waals surface area contributed by atoms with Crippen LogP contribution in [0.3, 0.4) is 0 Å². The van der Waals surface area contributed by atoms with Crippen molar-refractivity contribution in [1.82, 2.24) is 4.90 Å². The fraction of sp³-hybridized carbons (Fsp3) is 0.600. The predicted molar refractivity (Wildman–Crippen MR) is 72.3 cm³/mol. The van der Waals surface area contributed by atoms with Gasteiger partial charge in [-0.2, -0.15) is 0 Å². The average molecular weight is 230 g/mol. The smallest absolute Gasteiger partial charge is 0.0376 e. The van der Waals surface area contributed by atoms with Crippen LogP contribution in [-0.4, -0.2) is 24.0 Å². The lowest BCUT2D eigenvalue weighted by molar-refractivity contribution is 0.256. The summed E-state index contributed by atoms with van der Waals surface area (Å²) in [7, 11) is 0. The van der Waals surface area contributed by atoms with Crippen LogP contribution in [0.1, 0.15) is 31.4 Å². The lowest BCUT2D eigenvalue weighted by Gasteiger charge is -2.21. The Balaban J connectivity index is 1.73. The Morgan fingerprint density at radius 1 is 1.35 bits per heavy atom. The summed E-state index contributed by atoms with van der Waals surface area (Å²) < 4.78 is 0. The second-order valence-corrected chi connectivity index (χ2v) is 5.79. The molecule has 0 aromatic heterocycles. The molecule has 2 nitrogen and oxygen atoms in total. The topological polar surface area (TPSA) is 15.3 Å². The molecule has 2 atom stereocenters. The third-order valence-electron chi connectivity index (χ3n) is 4.18. The summed E-state index contributed by atoms with van der Waals surface area (Å²) >= 11 is 0. The number of rotatable bonds is 2. The fourth-order valence-corrected chi connectivity index (χ4v) is 3.28. The molecule has 1 fully saturated rings. The second kappa shape index (κ2) is 4.34. The van der Waals surface area contributed by atoms with E-state index in [0.717, 1.165) is 25.0 Å². The van der Waals surface area contributed by atoms with E-state index in [1.54, 1.807) is 0 Å². The van der Waals surface area contributed by atoms with E-state index in [1.165, 1.54) is 36.2 Å². The Labute approximate surface area is 104 Å². The zero-order chi connectivity index (χ0) is 11.8. The fourth-order valence-electron chi connectivity index (χ4n) is 3.28. The molecule has 92 valence electrons. The lowest BCUT2D eigenvalue weighted by atomic mass is 10.1. The van der Waals surface area contributed by atoms with Gasteiger partial charge in [-0.25, -0.2) is 0 Å². The average Bonchev–Trinajstić information content (AvgIpc) is 2.85. The van der Waals surface area contributed by atoms with Gasteiger partial charge >= 0.3 is 0 Å². The van der Waals surface area contributed by atoms with Gasteiger partial charge in [-0.05, 0) is 42.9 Å². The van der Waals surface area contributed by atoms with Crippen molar-refractivity contribution in [3.05, 3.63) is 29.3 Å². The third-order valence-corrected chi connectivity index (χ3v) is 4.18. The van der Waals surface area contributed by atoms with Crippen LogP contribution in [0.4, 0.5) is 5.69 Å². The van der Waals surface area contributed by atoms with Gasteiger partial charge in [0.15, 0.2) is 0 Å². The highest BCUT2D eigenvalue weighted by atomic mass is 15.2. The maximum Gasteiger partial charge on any atom is 0.0376 e. The van der Waals surface area contributed by atoms with Crippen molar-refractivity contribution in [2.75, 3.05) is 18.4 Å². The Hall–Kier alpha value is -1.02. The van der Waals surface area contributed by atoms with E-state index in [4.69, 9.17) is 0 Å². The SMILES string of the molecule is CC1CC(C)N(Cc2ccc3c(c2)NCC3)C1. The number of anilines is 1. The van der Waals surface area contributed by atoms with Crippen molar-refractivity contribution in [2.24, 2.45) is 5.92 Å². The van der Waals surface area contributed by atoms with Gasteiger partial charge in [0.2, 0.25) is 0 Å². The van der Waals surface area contributed by atoms with E-state index in [9.17, 15) is 0 Å². The van der Waals surface area contributed by atoms with Crippen LogP contribution >= 0.6 is 0 Å². The van der Waals surface area contributed by atoms with Crippen LogP contribution in [0.5, 0.6) is 0 Å². The van der Waals surface area contributed by atoms with Crippen LogP contribution < -0.4 is 5.32 Å². The molecule has 1 aromatic rings. The Morgan fingerprint density at radius 2 is 2.24 bits per heavy atom. The monoisotopic (exact) mass is 230 g/mol. The normalized spacial score (nSPS) is 28.1. The molecule has 0 aliphatic carbocycles. The molecule has 0 spiro atoms. The molecule has 0 radical (unpaired) electrons. The minimum Gasteiger partial charge on any atom is -0.384 e. The summed E-state index contributed by atoms with van der Waals surface area (Å²) in [4.78, 5) is 2.61. The molecule has 3 rings (SSSR count). The van der Waals surface area contributed by atoms with Gasteiger partial charge in [0.05, 0.1) is 0 Å². The van der Waals surface area contributed by atoms with Crippen LogP contribution in [-0.2, 0) is 13.0 Å².